The quantitative estimate of drug-likeness (QED) is 0.0210. The summed E-state index contributed by atoms with van der Waals surface area (Å²) in [5.74, 6) is -5.55. The molecule has 4 N–H and O–H groups in total. The summed E-state index contributed by atoms with van der Waals surface area (Å²) in [4.78, 5) is 124. The van der Waals surface area contributed by atoms with Gasteiger partial charge in [0.25, 0.3) is 0 Å². The van der Waals surface area contributed by atoms with Crippen LogP contribution in [-0.2, 0) is 227 Å². The highest BCUT2D eigenvalue weighted by Crippen LogP contribution is 2.44. The van der Waals surface area contributed by atoms with Gasteiger partial charge in [-0.05, 0) is 12.0 Å². The molecule has 0 radical (unpaired) electrons. The van der Waals surface area contributed by atoms with Gasteiger partial charge in [0.15, 0.2) is 72.3 Å². The van der Waals surface area contributed by atoms with Crippen LogP contribution in [0.2, 0.25) is 0 Å². The van der Waals surface area contributed by atoms with Gasteiger partial charge < -0.3 is 154 Å². The molecule has 0 aliphatic carbocycles. The molecule has 6 saturated heterocycles. The van der Waals surface area contributed by atoms with Crippen molar-refractivity contribution in [2.24, 2.45) is 0 Å². The smallest absolute Gasteiger partial charge is 0.303 e. The van der Waals surface area contributed by atoms with Gasteiger partial charge in [0.05, 0.1) is 263 Å². The Morgan fingerprint density at radius 3 is 0.913 bits per heavy atom. The Morgan fingerprint density at radius 1 is 0.348 bits per heavy atom. The molecule has 4 aromatic rings. The number of aromatic nitrogens is 9. The molecule has 0 spiro atoms. The average Bonchev–Trinajstić information content (AvgIpc) is 1.59. The molecule has 51 heteroatoms. The van der Waals surface area contributed by atoms with E-state index >= 15 is 0 Å². The average molecular weight is 1970 g/mol. The van der Waals surface area contributed by atoms with Crippen molar-refractivity contribution in [3.63, 3.8) is 0 Å². The normalized spacial score (nSPS) is 24.4. The molecule has 9 heterocycles. The summed E-state index contributed by atoms with van der Waals surface area (Å²) >= 11 is 0. The van der Waals surface area contributed by atoms with Crippen LogP contribution in [0.25, 0.3) is 0 Å². The fourth-order valence-corrected chi connectivity index (χ4v) is 15.6. The minimum Gasteiger partial charge on any atom is -0.456 e. The number of amides is 4. The van der Waals surface area contributed by atoms with Gasteiger partial charge in [0.2, 0.25) is 23.6 Å². The third-order valence-electron chi connectivity index (χ3n) is 21.4. The summed E-state index contributed by atoms with van der Waals surface area (Å²) in [6.45, 7) is 16.7. The molecule has 51 nitrogen and oxygen atoms in total. The number of nitrogens with one attached hydrogen (secondary N) is 4. The van der Waals surface area contributed by atoms with E-state index in [0.717, 1.165) is 5.56 Å². The molecule has 4 amide bonds. The highest BCUT2D eigenvalue weighted by Gasteiger charge is 2.66. The lowest BCUT2D eigenvalue weighted by Crippen LogP contribution is -2.68. The number of carbonyl (C=O) groups excluding carboxylic acids is 10. The maximum Gasteiger partial charge on any atom is 0.303 e. The van der Waals surface area contributed by atoms with Crippen molar-refractivity contribution in [2.45, 2.75) is 217 Å². The Bertz CT molecular complexity index is 4010. The van der Waals surface area contributed by atoms with E-state index in [1.165, 1.54) is 62.3 Å². The highest BCUT2D eigenvalue weighted by molar-refractivity contribution is 5.77. The van der Waals surface area contributed by atoms with E-state index in [-0.39, 0.29) is 230 Å². The van der Waals surface area contributed by atoms with Crippen LogP contribution >= 0.6 is 0 Å². The van der Waals surface area contributed by atoms with Crippen molar-refractivity contribution in [3.8, 4) is 0 Å². The number of ether oxygens (including phenoxy) is 28. The van der Waals surface area contributed by atoms with E-state index in [1.54, 1.807) is 32.6 Å². The minimum absolute atomic E-state index is 0.0318. The molecule has 10 rings (SSSR count). The fraction of sp³-hybridized carbons (Fsp3) is 0.747. The molecule has 0 unspecified atom stereocenters. The zero-order valence-electron chi connectivity index (χ0n) is 79.4. The molecule has 0 saturated carbocycles. The number of carbonyl (C=O) groups is 10. The van der Waals surface area contributed by atoms with E-state index in [2.05, 4.69) is 52.2 Å². The molecule has 15 atom stereocenters. The van der Waals surface area contributed by atoms with Crippen molar-refractivity contribution in [1.29, 1.82) is 0 Å². The molecule has 6 fully saturated rings. The van der Waals surface area contributed by atoms with Gasteiger partial charge in [-0.3, -0.25) is 47.9 Å². The summed E-state index contributed by atoms with van der Waals surface area (Å²) < 4.78 is 169. The first-order chi connectivity index (χ1) is 66.6. The van der Waals surface area contributed by atoms with Crippen LogP contribution in [0.3, 0.4) is 0 Å². The Kier molecular flexibility index (Phi) is 46.4. The van der Waals surface area contributed by atoms with Gasteiger partial charge in [-0.25, -0.2) is 14.0 Å². The van der Waals surface area contributed by atoms with Crippen LogP contribution in [0, 0.1) is 0 Å². The first-order valence-electron chi connectivity index (χ1n) is 45.6. The van der Waals surface area contributed by atoms with Crippen LogP contribution in [0.1, 0.15) is 97.8 Å². The molecule has 6 aliphatic heterocycles. The molecule has 138 heavy (non-hydrogen) atoms. The van der Waals surface area contributed by atoms with Crippen molar-refractivity contribution in [1.82, 2.24) is 66.2 Å². The second kappa shape index (κ2) is 58.0. The standard InChI is InChI=1S/C87H131N13O38/c1-58(101)88-72-75(130-61(4)104)78(133-64(7)107)85(55-127-81(72)136-85)52-121-39-36-117-33-30-114-27-24-111-21-17-98-42-68(92-95-98)46-124-49-84(91-71(110)16-13-20-120-45-67-14-11-10-12-15-67,50-125-47-69-43-99(96-93-69)18-22-112-25-28-115-31-34-118-37-40-122-53-86-56-128-82(137-86)73(89-59(2)102)76(131-62(5)105)79(86)134-65(8)108)51-126-48-70-44-100(97-94-70)19-23-113-26-29-116-32-35-119-38-41-123-54-87-57-129-83(138-87)74(90-60(3)103)77(132-63(6)106)80(87)135-66(9)109/h10-12,14-15,42-44,72-83H,13,16-41,45-57H2,1-9H3,(H,88,101)(H,89,102)(H,90,103)(H,91,110)/t72-,73-,74-,75-,76-,77+,78-,79-,80-,81+,82+,83+,85-,86-,87+/m1/s1. The lowest BCUT2D eigenvalue weighted by Gasteiger charge is -2.45. The number of rotatable bonds is 70. The highest BCUT2D eigenvalue weighted by atomic mass is 16.8. The molecule has 6 aliphatic rings. The van der Waals surface area contributed by atoms with Crippen LogP contribution in [0.5, 0.6) is 0 Å². The van der Waals surface area contributed by atoms with Crippen LogP contribution in [-0.4, -0.2) is 405 Å². The minimum atomic E-state index is -1.34. The molecule has 772 valence electrons. The summed E-state index contributed by atoms with van der Waals surface area (Å²) in [7, 11) is 0. The van der Waals surface area contributed by atoms with Gasteiger partial charge in [0.1, 0.15) is 40.7 Å². The molecule has 3 aromatic heterocycles. The van der Waals surface area contributed by atoms with Gasteiger partial charge in [-0.1, -0.05) is 46.0 Å². The number of hydrogen-bond acceptors (Lipinski definition) is 44. The van der Waals surface area contributed by atoms with Crippen molar-refractivity contribution < 1.29 is 181 Å². The van der Waals surface area contributed by atoms with E-state index in [1.807, 2.05) is 30.3 Å². The number of hydrogen-bond donors (Lipinski definition) is 4. The van der Waals surface area contributed by atoms with Crippen LogP contribution in [0.4, 0.5) is 0 Å². The first-order valence-corrected chi connectivity index (χ1v) is 45.6. The maximum atomic E-state index is 14.2. The predicted octanol–water partition coefficient (Wildman–Crippen LogP) is -2.06. The Balaban J connectivity index is 0.656. The summed E-state index contributed by atoms with van der Waals surface area (Å²) in [5.41, 5.74) is -2.89. The van der Waals surface area contributed by atoms with Gasteiger partial charge in [-0.2, -0.15) is 0 Å². The van der Waals surface area contributed by atoms with Gasteiger partial charge in [0, 0.05) is 75.3 Å². The van der Waals surface area contributed by atoms with Crippen molar-refractivity contribution in [2.75, 3.05) is 205 Å². The third-order valence-corrected chi connectivity index (χ3v) is 21.4. The SMILES string of the molecule is CC(=O)N[C@H]1[C@H]2OC[C@@](COCCOCCOCCOCCn3cc(COCC(COCc4cn(CCOCCOCCOCCOC[C@]56CO[C@@H](O5)[C@H](NC(C)=O)[C@@H](OC(C)=O)[C@H]6OC(C)=O)nn4)(COCc4cn(CCOCCOCCOCCOC[C@@]56CO[C@@H](O5)[C@H](NC(C)=O)[C@H](OC(C)=O)[C@H]6OC(C)=O)nn4)NC(=O)CCCOCc4ccccc4)nn3)(O2)[C@H](OC(C)=O)[C@@H]1OC(C)=O. The summed E-state index contributed by atoms with van der Waals surface area (Å²) in [6.07, 6.45) is -4.14. The van der Waals surface area contributed by atoms with Crippen molar-refractivity contribution in [3.05, 3.63) is 71.6 Å². The number of benzene rings is 1. The lowest BCUT2D eigenvalue weighted by atomic mass is 9.87. The van der Waals surface area contributed by atoms with E-state index in [0.29, 0.717) is 56.4 Å². The maximum absolute atomic E-state index is 14.2. The number of fused-ring (bicyclic) bond motifs is 6. The zero-order chi connectivity index (χ0) is 98.6. The largest absolute Gasteiger partial charge is 0.456 e. The first kappa shape index (κ1) is 110. The summed E-state index contributed by atoms with van der Waals surface area (Å²) in [5, 5.41) is 37.0. The van der Waals surface area contributed by atoms with Gasteiger partial charge >= 0.3 is 35.8 Å². The summed E-state index contributed by atoms with van der Waals surface area (Å²) in [6, 6.07) is 6.85. The Labute approximate surface area is 796 Å². The van der Waals surface area contributed by atoms with Crippen LogP contribution < -0.4 is 21.3 Å². The Morgan fingerprint density at radius 2 is 0.630 bits per heavy atom. The van der Waals surface area contributed by atoms with E-state index in [9.17, 15) is 47.9 Å². The number of esters is 6. The number of nitrogens with zero attached hydrogens (tertiary/aromatic N) is 9. The second-order valence-corrected chi connectivity index (χ2v) is 33.1. The zero-order valence-corrected chi connectivity index (χ0v) is 79.4. The predicted molar refractivity (Wildman–Crippen MR) is 462 cm³/mol. The third kappa shape index (κ3) is 36.5. The molecule has 6 bridgehead atoms. The van der Waals surface area contributed by atoms with Crippen molar-refractivity contribution >= 4 is 59.4 Å². The monoisotopic (exact) mass is 1970 g/mol. The lowest BCUT2D eigenvalue weighted by molar-refractivity contribution is -0.251. The van der Waals surface area contributed by atoms with E-state index in [4.69, 9.17) is 133 Å². The fourth-order valence-electron chi connectivity index (χ4n) is 15.6. The molecular formula is C87H131N13O38. The topological polar surface area (TPSA) is 569 Å². The molecular weight excluding hydrogens is 1840 g/mol. The molecule has 1 aromatic carbocycles. The second-order valence-electron chi connectivity index (χ2n) is 33.1. The van der Waals surface area contributed by atoms with Crippen LogP contribution in [0.15, 0.2) is 48.9 Å². The van der Waals surface area contributed by atoms with E-state index < -0.39 is 149 Å². The van der Waals surface area contributed by atoms with Gasteiger partial charge in [-0.15, -0.1) is 15.3 Å². The Hall–Kier alpha value is -9.54.